The smallest absolute Gasteiger partial charge is 0.0897 e. The number of rotatable bonds is 9. The molecule has 19 heavy (non-hydrogen) atoms. The maximum Gasteiger partial charge on any atom is 0.0897 e. The van der Waals surface area contributed by atoms with E-state index in [2.05, 4.69) is 37.4 Å². The van der Waals surface area contributed by atoms with E-state index < -0.39 is 6.10 Å². The number of benzene rings is 1. The number of nitrogens with one attached hydrogen (secondary N) is 1. The van der Waals surface area contributed by atoms with Gasteiger partial charge in [-0.3, -0.25) is 0 Å². The Hall–Kier alpha value is -0.940. The molecule has 0 aliphatic heterocycles. The van der Waals surface area contributed by atoms with Gasteiger partial charge in [0.1, 0.15) is 0 Å². The van der Waals surface area contributed by atoms with Crippen LogP contribution in [-0.4, -0.2) is 44.7 Å². The summed E-state index contributed by atoms with van der Waals surface area (Å²) in [5.74, 6) is 0. The number of hydrogen-bond donors (Lipinski definition) is 2. The van der Waals surface area contributed by atoms with Crippen molar-refractivity contribution in [2.24, 2.45) is 0 Å². The number of hydrogen-bond acceptors (Lipinski definition) is 4. The zero-order chi connectivity index (χ0) is 14.1. The number of aliphatic hydroxyl groups excluding tert-OH is 1. The molecule has 4 heteroatoms. The molecule has 4 nitrogen and oxygen atoms in total. The highest BCUT2D eigenvalue weighted by atomic mass is 16.5. The first kappa shape index (κ1) is 16.1. The van der Waals surface area contributed by atoms with Gasteiger partial charge in [0.05, 0.1) is 25.9 Å². The van der Waals surface area contributed by atoms with Crippen molar-refractivity contribution in [2.75, 3.05) is 33.5 Å². The molecule has 0 aliphatic rings. The van der Waals surface area contributed by atoms with Crippen LogP contribution < -0.4 is 5.32 Å². The minimum atomic E-state index is -0.496. The lowest BCUT2D eigenvalue weighted by atomic mass is 10.1. The molecular weight excluding hydrogens is 242 g/mol. The Morgan fingerprint density at radius 2 is 2.11 bits per heavy atom. The Kier molecular flexibility index (Phi) is 7.67. The average Bonchev–Trinajstić information content (AvgIpc) is 2.41. The minimum Gasteiger partial charge on any atom is -0.389 e. The third-order valence-electron chi connectivity index (χ3n) is 2.94. The molecule has 0 heterocycles. The van der Waals surface area contributed by atoms with E-state index in [1.807, 2.05) is 6.07 Å². The van der Waals surface area contributed by atoms with Gasteiger partial charge in [-0.2, -0.15) is 0 Å². The van der Waals surface area contributed by atoms with Crippen molar-refractivity contribution >= 4 is 0 Å². The summed E-state index contributed by atoms with van der Waals surface area (Å²) >= 11 is 0. The fourth-order valence-corrected chi connectivity index (χ4v) is 1.79. The average molecular weight is 267 g/mol. The lowest BCUT2D eigenvalue weighted by molar-refractivity contribution is 0.0130. The third kappa shape index (κ3) is 6.68. The van der Waals surface area contributed by atoms with Gasteiger partial charge in [-0.05, 0) is 19.4 Å². The van der Waals surface area contributed by atoms with E-state index >= 15 is 0 Å². The van der Waals surface area contributed by atoms with Gasteiger partial charge in [-0.25, -0.2) is 0 Å². The second-order valence-electron chi connectivity index (χ2n) is 4.77. The van der Waals surface area contributed by atoms with Gasteiger partial charge in [0.15, 0.2) is 0 Å². The fraction of sp³-hybridized carbons (Fsp3) is 0.600. The molecule has 1 aromatic carbocycles. The lowest BCUT2D eigenvalue weighted by Crippen LogP contribution is -2.32. The Bertz CT molecular complexity index is 357. The Balaban J connectivity index is 2.24. The molecule has 1 aromatic rings. The van der Waals surface area contributed by atoms with Crippen molar-refractivity contribution < 1.29 is 14.6 Å². The molecule has 1 rings (SSSR count). The van der Waals surface area contributed by atoms with E-state index in [-0.39, 0.29) is 6.04 Å². The third-order valence-corrected chi connectivity index (χ3v) is 2.94. The van der Waals surface area contributed by atoms with Crippen LogP contribution in [0.2, 0.25) is 0 Å². The van der Waals surface area contributed by atoms with Gasteiger partial charge in [-0.1, -0.05) is 29.8 Å². The molecule has 2 atom stereocenters. The largest absolute Gasteiger partial charge is 0.389 e. The molecule has 0 spiro atoms. The van der Waals surface area contributed by atoms with Gasteiger partial charge in [0.2, 0.25) is 0 Å². The van der Waals surface area contributed by atoms with Crippen LogP contribution >= 0.6 is 0 Å². The summed E-state index contributed by atoms with van der Waals surface area (Å²) in [6.45, 7) is 6.09. The van der Waals surface area contributed by atoms with E-state index in [4.69, 9.17) is 9.47 Å². The molecule has 0 radical (unpaired) electrons. The van der Waals surface area contributed by atoms with Crippen molar-refractivity contribution in [1.82, 2.24) is 5.32 Å². The number of methoxy groups -OCH3 is 1. The molecule has 0 amide bonds. The van der Waals surface area contributed by atoms with Crippen molar-refractivity contribution in [1.29, 1.82) is 0 Å². The number of ether oxygens (including phenoxy) is 2. The minimum absolute atomic E-state index is 0.216. The normalized spacial score (nSPS) is 14.3. The molecule has 0 aromatic heterocycles. The topological polar surface area (TPSA) is 50.7 Å². The van der Waals surface area contributed by atoms with Gasteiger partial charge < -0.3 is 19.9 Å². The Morgan fingerprint density at radius 3 is 2.79 bits per heavy atom. The molecule has 0 saturated heterocycles. The molecule has 0 fully saturated rings. The standard InChI is InChI=1S/C15H25NO3/c1-12-5-4-6-14(9-12)13(2)16-10-15(17)11-19-8-7-18-3/h4-6,9,13,15-17H,7-8,10-11H2,1-3H3/t13-,15?/m0/s1. The van der Waals surface area contributed by atoms with Gasteiger partial charge in [0.25, 0.3) is 0 Å². The Labute approximate surface area is 115 Å². The summed E-state index contributed by atoms with van der Waals surface area (Å²) in [5, 5.41) is 13.1. The van der Waals surface area contributed by atoms with Crippen LogP contribution in [0.25, 0.3) is 0 Å². The SMILES string of the molecule is COCCOCC(O)CN[C@@H](C)c1cccc(C)c1. The second-order valence-corrected chi connectivity index (χ2v) is 4.77. The van der Waals surface area contributed by atoms with Gasteiger partial charge in [0, 0.05) is 19.7 Å². The maximum atomic E-state index is 9.77. The van der Waals surface area contributed by atoms with Crippen LogP contribution in [-0.2, 0) is 9.47 Å². The van der Waals surface area contributed by atoms with Crippen molar-refractivity contribution in [2.45, 2.75) is 26.0 Å². The molecule has 0 aliphatic carbocycles. The quantitative estimate of drug-likeness (QED) is 0.668. The summed E-state index contributed by atoms with van der Waals surface area (Å²) in [6, 6.07) is 8.58. The van der Waals surface area contributed by atoms with E-state index in [0.29, 0.717) is 26.4 Å². The highest BCUT2D eigenvalue weighted by Crippen LogP contribution is 2.13. The molecular formula is C15H25NO3. The van der Waals surface area contributed by atoms with Crippen molar-refractivity contribution in [3.63, 3.8) is 0 Å². The first-order chi connectivity index (χ1) is 9.13. The zero-order valence-corrected chi connectivity index (χ0v) is 12.1. The van der Waals surface area contributed by atoms with Crippen LogP contribution in [0.5, 0.6) is 0 Å². The first-order valence-corrected chi connectivity index (χ1v) is 6.68. The van der Waals surface area contributed by atoms with E-state index in [0.717, 1.165) is 0 Å². The predicted octanol–water partition coefficient (Wildman–Crippen LogP) is 1.67. The summed E-state index contributed by atoms with van der Waals surface area (Å²) in [6.07, 6.45) is -0.496. The van der Waals surface area contributed by atoms with E-state index in [1.165, 1.54) is 11.1 Å². The molecule has 1 unspecified atom stereocenters. The highest BCUT2D eigenvalue weighted by molar-refractivity contribution is 5.24. The van der Waals surface area contributed by atoms with Crippen molar-refractivity contribution in [3.8, 4) is 0 Å². The maximum absolute atomic E-state index is 9.77. The summed E-state index contributed by atoms with van der Waals surface area (Å²) in [5.41, 5.74) is 2.47. The first-order valence-electron chi connectivity index (χ1n) is 6.68. The summed E-state index contributed by atoms with van der Waals surface area (Å²) in [4.78, 5) is 0. The van der Waals surface area contributed by atoms with Crippen LogP contribution in [0, 0.1) is 6.92 Å². The lowest BCUT2D eigenvalue weighted by Gasteiger charge is -2.18. The van der Waals surface area contributed by atoms with Crippen LogP contribution in [0.15, 0.2) is 24.3 Å². The number of aryl methyl sites for hydroxylation is 1. The highest BCUT2D eigenvalue weighted by Gasteiger charge is 2.09. The molecule has 108 valence electrons. The predicted molar refractivity (Wildman–Crippen MR) is 76.3 cm³/mol. The van der Waals surface area contributed by atoms with Gasteiger partial charge in [-0.15, -0.1) is 0 Å². The second kappa shape index (κ2) is 9.04. The Morgan fingerprint density at radius 1 is 1.32 bits per heavy atom. The van der Waals surface area contributed by atoms with E-state index in [9.17, 15) is 5.11 Å². The zero-order valence-electron chi connectivity index (χ0n) is 12.1. The van der Waals surface area contributed by atoms with Crippen LogP contribution in [0.4, 0.5) is 0 Å². The monoisotopic (exact) mass is 267 g/mol. The molecule has 0 saturated carbocycles. The van der Waals surface area contributed by atoms with Crippen molar-refractivity contribution in [3.05, 3.63) is 35.4 Å². The fourth-order valence-electron chi connectivity index (χ4n) is 1.79. The molecule has 0 bridgehead atoms. The molecule has 2 N–H and O–H groups in total. The van der Waals surface area contributed by atoms with Crippen LogP contribution in [0.1, 0.15) is 24.1 Å². The van der Waals surface area contributed by atoms with Gasteiger partial charge >= 0.3 is 0 Å². The van der Waals surface area contributed by atoms with Crippen LogP contribution in [0.3, 0.4) is 0 Å². The summed E-state index contributed by atoms with van der Waals surface area (Å²) < 4.78 is 10.1. The summed E-state index contributed by atoms with van der Waals surface area (Å²) in [7, 11) is 1.63. The van der Waals surface area contributed by atoms with E-state index in [1.54, 1.807) is 7.11 Å². The number of aliphatic hydroxyl groups is 1.